The molecular formula is C12H14N2O5. The van der Waals surface area contributed by atoms with Crippen LogP contribution < -0.4 is 11.1 Å². The van der Waals surface area contributed by atoms with Crippen molar-refractivity contribution < 1.29 is 24.2 Å². The van der Waals surface area contributed by atoms with Gasteiger partial charge in [0.15, 0.2) is 0 Å². The molecule has 2 amide bonds. The number of aromatic carboxylic acids is 1. The number of ether oxygens (including phenoxy) is 1. The minimum Gasteiger partial charge on any atom is -0.478 e. The molecule has 19 heavy (non-hydrogen) atoms. The summed E-state index contributed by atoms with van der Waals surface area (Å²) < 4.78 is 4.85. The van der Waals surface area contributed by atoms with Gasteiger partial charge in [-0.05, 0) is 12.1 Å². The maximum absolute atomic E-state index is 11.7. The van der Waals surface area contributed by atoms with Crippen LogP contribution in [0.15, 0.2) is 24.3 Å². The number of rotatable bonds is 7. The highest BCUT2D eigenvalue weighted by atomic mass is 16.5. The largest absolute Gasteiger partial charge is 0.478 e. The number of nitrogens with two attached hydrogens (primary N) is 1. The zero-order valence-electron chi connectivity index (χ0n) is 10.1. The Labute approximate surface area is 109 Å². The number of nitrogens with one attached hydrogen (secondary N) is 1. The maximum atomic E-state index is 11.7. The highest BCUT2D eigenvalue weighted by Crippen LogP contribution is 2.08. The van der Waals surface area contributed by atoms with Gasteiger partial charge in [-0.2, -0.15) is 0 Å². The van der Waals surface area contributed by atoms with Gasteiger partial charge >= 0.3 is 5.97 Å². The molecule has 0 unspecified atom stereocenters. The Morgan fingerprint density at radius 2 is 1.84 bits per heavy atom. The van der Waals surface area contributed by atoms with Gasteiger partial charge in [0.1, 0.15) is 6.61 Å². The van der Waals surface area contributed by atoms with E-state index in [2.05, 4.69) is 5.32 Å². The second kappa shape index (κ2) is 7.12. The average molecular weight is 266 g/mol. The van der Waals surface area contributed by atoms with E-state index in [0.717, 1.165) is 0 Å². The summed E-state index contributed by atoms with van der Waals surface area (Å²) in [5, 5.41) is 11.4. The Hall–Kier alpha value is -2.41. The van der Waals surface area contributed by atoms with E-state index in [0.29, 0.717) is 0 Å². The van der Waals surface area contributed by atoms with Crippen LogP contribution in [0.5, 0.6) is 0 Å². The molecule has 1 aromatic carbocycles. The molecule has 102 valence electrons. The number of carboxylic acid groups (broad SMARTS) is 1. The van der Waals surface area contributed by atoms with E-state index in [-0.39, 0.29) is 30.9 Å². The molecule has 0 saturated carbocycles. The van der Waals surface area contributed by atoms with E-state index in [1.54, 1.807) is 6.07 Å². The minimum atomic E-state index is -1.17. The molecule has 0 bridgehead atoms. The van der Waals surface area contributed by atoms with Crippen LogP contribution in [0.25, 0.3) is 0 Å². The SMILES string of the molecule is NC(=O)COCCNC(=O)c1ccccc1C(=O)O. The van der Waals surface area contributed by atoms with Crippen molar-refractivity contribution in [3.63, 3.8) is 0 Å². The Kier molecular flexibility index (Phi) is 5.49. The monoisotopic (exact) mass is 266 g/mol. The molecule has 0 atom stereocenters. The van der Waals surface area contributed by atoms with Crippen molar-refractivity contribution in [2.24, 2.45) is 5.73 Å². The quantitative estimate of drug-likeness (QED) is 0.581. The number of hydrogen-bond donors (Lipinski definition) is 3. The molecule has 1 rings (SSSR count). The van der Waals surface area contributed by atoms with Crippen molar-refractivity contribution in [1.29, 1.82) is 0 Å². The van der Waals surface area contributed by atoms with E-state index in [9.17, 15) is 14.4 Å². The van der Waals surface area contributed by atoms with Gasteiger partial charge < -0.3 is 20.9 Å². The van der Waals surface area contributed by atoms with Gasteiger partial charge in [0, 0.05) is 6.54 Å². The first-order valence-electron chi connectivity index (χ1n) is 5.49. The molecule has 0 aliphatic rings. The highest BCUT2D eigenvalue weighted by Gasteiger charge is 2.14. The lowest BCUT2D eigenvalue weighted by Gasteiger charge is -2.07. The molecule has 0 aromatic heterocycles. The molecule has 7 nitrogen and oxygen atoms in total. The lowest BCUT2D eigenvalue weighted by Crippen LogP contribution is -2.29. The third-order valence-electron chi connectivity index (χ3n) is 2.18. The van der Waals surface area contributed by atoms with Crippen LogP contribution in [0.4, 0.5) is 0 Å². The molecule has 4 N–H and O–H groups in total. The fraction of sp³-hybridized carbons (Fsp3) is 0.250. The number of carbonyl (C=O) groups excluding carboxylic acids is 2. The van der Waals surface area contributed by atoms with Crippen LogP contribution >= 0.6 is 0 Å². The highest BCUT2D eigenvalue weighted by molar-refractivity contribution is 6.04. The summed E-state index contributed by atoms with van der Waals surface area (Å²) in [6.07, 6.45) is 0. The number of primary amides is 1. The lowest BCUT2D eigenvalue weighted by molar-refractivity contribution is -0.122. The predicted octanol–water partition coefficient (Wildman–Crippen LogP) is -0.383. The van der Waals surface area contributed by atoms with Crippen LogP contribution in [-0.4, -0.2) is 42.6 Å². The molecule has 1 aromatic rings. The number of carboxylic acids is 1. The summed E-state index contributed by atoms with van der Waals surface area (Å²) in [7, 11) is 0. The third-order valence-corrected chi connectivity index (χ3v) is 2.18. The van der Waals surface area contributed by atoms with Crippen molar-refractivity contribution in [1.82, 2.24) is 5.32 Å². The van der Waals surface area contributed by atoms with Gasteiger partial charge in [-0.1, -0.05) is 12.1 Å². The first-order valence-corrected chi connectivity index (χ1v) is 5.49. The molecular weight excluding hydrogens is 252 g/mol. The van der Waals surface area contributed by atoms with Crippen molar-refractivity contribution >= 4 is 17.8 Å². The molecule has 0 fully saturated rings. The van der Waals surface area contributed by atoms with Crippen LogP contribution in [0.3, 0.4) is 0 Å². The smallest absolute Gasteiger partial charge is 0.336 e. The van der Waals surface area contributed by atoms with E-state index in [1.807, 2.05) is 0 Å². The fourth-order valence-corrected chi connectivity index (χ4v) is 1.37. The summed E-state index contributed by atoms with van der Waals surface area (Å²) in [4.78, 5) is 33.0. The van der Waals surface area contributed by atoms with Crippen molar-refractivity contribution in [3.8, 4) is 0 Å². The molecule has 0 aliphatic carbocycles. The van der Waals surface area contributed by atoms with E-state index >= 15 is 0 Å². The Morgan fingerprint density at radius 3 is 2.42 bits per heavy atom. The summed E-state index contributed by atoms with van der Waals surface area (Å²) in [6.45, 7) is 0.0472. The topological polar surface area (TPSA) is 119 Å². The van der Waals surface area contributed by atoms with Crippen LogP contribution in [0.2, 0.25) is 0 Å². The lowest BCUT2D eigenvalue weighted by atomic mass is 10.1. The Balaban J connectivity index is 2.50. The van der Waals surface area contributed by atoms with Crippen LogP contribution in [0.1, 0.15) is 20.7 Å². The Morgan fingerprint density at radius 1 is 1.21 bits per heavy atom. The first kappa shape index (κ1) is 14.7. The summed E-state index contributed by atoms with van der Waals surface area (Å²) >= 11 is 0. The summed E-state index contributed by atoms with van der Waals surface area (Å²) in [6, 6.07) is 5.88. The van der Waals surface area contributed by atoms with E-state index in [1.165, 1.54) is 18.2 Å². The molecule has 7 heteroatoms. The van der Waals surface area contributed by atoms with E-state index in [4.69, 9.17) is 15.6 Å². The van der Waals surface area contributed by atoms with Crippen molar-refractivity contribution in [2.45, 2.75) is 0 Å². The number of carbonyl (C=O) groups is 3. The van der Waals surface area contributed by atoms with Gasteiger partial charge in [-0.15, -0.1) is 0 Å². The van der Waals surface area contributed by atoms with Crippen molar-refractivity contribution in [3.05, 3.63) is 35.4 Å². The number of hydrogen-bond acceptors (Lipinski definition) is 4. The molecule has 0 spiro atoms. The zero-order valence-corrected chi connectivity index (χ0v) is 10.1. The molecule has 0 heterocycles. The van der Waals surface area contributed by atoms with Gasteiger partial charge in [0.25, 0.3) is 5.91 Å². The second-order valence-corrected chi connectivity index (χ2v) is 3.63. The van der Waals surface area contributed by atoms with Gasteiger partial charge in [0.2, 0.25) is 5.91 Å². The maximum Gasteiger partial charge on any atom is 0.336 e. The van der Waals surface area contributed by atoms with Gasteiger partial charge in [-0.3, -0.25) is 9.59 Å². The van der Waals surface area contributed by atoms with Crippen LogP contribution in [0, 0.1) is 0 Å². The standard InChI is InChI=1S/C12H14N2O5/c13-10(15)7-19-6-5-14-11(16)8-3-1-2-4-9(8)12(17)18/h1-4H,5-7H2,(H2,13,15)(H,14,16)(H,17,18). The summed E-state index contributed by atoms with van der Waals surface area (Å²) in [5.41, 5.74) is 4.86. The summed E-state index contributed by atoms with van der Waals surface area (Å²) in [5.74, 6) is -2.28. The van der Waals surface area contributed by atoms with Crippen LogP contribution in [-0.2, 0) is 9.53 Å². The Bertz CT molecular complexity index is 487. The second-order valence-electron chi connectivity index (χ2n) is 3.63. The molecule has 0 saturated heterocycles. The van der Waals surface area contributed by atoms with E-state index < -0.39 is 17.8 Å². The van der Waals surface area contributed by atoms with Crippen molar-refractivity contribution in [2.75, 3.05) is 19.8 Å². The van der Waals surface area contributed by atoms with Gasteiger partial charge in [0.05, 0.1) is 17.7 Å². The molecule has 0 aliphatic heterocycles. The van der Waals surface area contributed by atoms with Gasteiger partial charge in [-0.25, -0.2) is 4.79 Å². The normalized spacial score (nSPS) is 9.89. The molecule has 0 radical (unpaired) electrons. The number of amides is 2. The predicted molar refractivity (Wildman–Crippen MR) is 65.7 cm³/mol. The third kappa shape index (κ3) is 4.76. The number of benzene rings is 1. The first-order chi connectivity index (χ1) is 9.02. The minimum absolute atomic E-state index is 0.0712. The zero-order chi connectivity index (χ0) is 14.3. The average Bonchev–Trinajstić information content (AvgIpc) is 2.37. The fourth-order valence-electron chi connectivity index (χ4n) is 1.37.